The van der Waals surface area contributed by atoms with E-state index < -0.39 is 20.9 Å². The molecule has 21 heavy (non-hydrogen) atoms. The molecular weight excluding hydrogens is 293 g/mol. The molecule has 0 amide bonds. The third-order valence-corrected chi connectivity index (χ3v) is 4.92. The summed E-state index contributed by atoms with van der Waals surface area (Å²) in [4.78, 5) is 3.65. The number of para-hydroxylation sites is 1. The lowest BCUT2D eigenvalue weighted by molar-refractivity contribution is 0.416. The zero-order chi connectivity index (χ0) is 15.5. The molecule has 0 radical (unpaired) electrons. The van der Waals surface area contributed by atoms with Crippen molar-refractivity contribution in [3.05, 3.63) is 54.0 Å². The smallest absolute Gasteiger partial charge is 0.263 e. The van der Waals surface area contributed by atoms with Gasteiger partial charge >= 0.3 is 0 Å². The van der Waals surface area contributed by atoms with Crippen molar-refractivity contribution in [2.75, 3.05) is 12.3 Å². The van der Waals surface area contributed by atoms with Gasteiger partial charge in [-0.3, -0.25) is 0 Å². The summed E-state index contributed by atoms with van der Waals surface area (Å²) in [7, 11) is -4.01. The van der Waals surface area contributed by atoms with Crippen LogP contribution in [0.1, 0.15) is 12.5 Å². The topological polar surface area (TPSA) is 76.3 Å². The molecule has 0 saturated heterocycles. The fourth-order valence-corrected chi connectivity index (χ4v) is 3.32. The van der Waals surface area contributed by atoms with E-state index in [1.165, 1.54) is 12.3 Å². The number of hydrogen-bond acceptors (Lipinski definition) is 4. The lowest BCUT2D eigenvalue weighted by Crippen LogP contribution is -2.32. The van der Waals surface area contributed by atoms with Crippen LogP contribution in [0.25, 0.3) is 0 Å². The minimum Gasteiger partial charge on any atom is -0.398 e. The van der Waals surface area contributed by atoms with Crippen LogP contribution >= 0.6 is 0 Å². The van der Waals surface area contributed by atoms with Crippen LogP contribution in [0.3, 0.4) is 0 Å². The van der Waals surface area contributed by atoms with Crippen molar-refractivity contribution < 1.29 is 12.8 Å². The molecule has 5 nitrogen and oxygen atoms in total. The van der Waals surface area contributed by atoms with Gasteiger partial charge in [-0.15, -0.1) is 0 Å². The Morgan fingerprint density at radius 1 is 1.24 bits per heavy atom. The van der Waals surface area contributed by atoms with Crippen molar-refractivity contribution in [3.8, 4) is 0 Å². The molecule has 0 aliphatic heterocycles. The van der Waals surface area contributed by atoms with E-state index in [2.05, 4.69) is 4.98 Å². The van der Waals surface area contributed by atoms with Crippen LogP contribution < -0.4 is 5.73 Å². The highest BCUT2D eigenvalue weighted by Gasteiger charge is 2.28. The Bertz CT molecular complexity index is 735. The molecule has 1 heterocycles. The largest absolute Gasteiger partial charge is 0.398 e. The number of pyridine rings is 1. The van der Waals surface area contributed by atoms with Crippen molar-refractivity contribution in [2.24, 2.45) is 0 Å². The van der Waals surface area contributed by atoms with Crippen LogP contribution in [0, 0.1) is 5.82 Å². The highest BCUT2D eigenvalue weighted by molar-refractivity contribution is 7.89. The molecule has 0 spiro atoms. The lowest BCUT2D eigenvalue weighted by Gasteiger charge is -2.21. The number of benzene rings is 1. The first-order chi connectivity index (χ1) is 9.96. The summed E-state index contributed by atoms with van der Waals surface area (Å²) in [5, 5.41) is -0.568. The Morgan fingerprint density at radius 3 is 2.57 bits per heavy atom. The van der Waals surface area contributed by atoms with E-state index in [-0.39, 0.29) is 13.1 Å². The number of halogens is 1. The summed E-state index contributed by atoms with van der Waals surface area (Å²) in [5.41, 5.74) is 6.98. The van der Waals surface area contributed by atoms with Crippen LogP contribution in [0.15, 0.2) is 47.6 Å². The molecule has 1 aromatic carbocycles. The number of sulfonamides is 1. The Kier molecular flexibility index (Phi) is 4.54. The Labute approximate surface area is 123 Å². The number of nitrogens with zero attached hydrogens (tertiary/aromatic N) is 2. The zero-order valence-corrected chi connectivity index (χ0v) is 12.3. The molecule has 2 N–H and O–H groups in total. The molecule has 0 saturated carbocycles. The maximum Gasteiger partial charge on any atom is 0.263 e. The van der Waals surface area contributed by atoms with Gasteiger partial charge in [0.2, 0.25) is 5.03 Å². The normalized spacial score (nSPS) is 11.8. The fraction of sp³-hybridized carbons (Fsp3) is 0.214. The van der Waals surface area contributed by atoms with Gasteiger partial charge < -0.3 is 5.73 Å². The SMILES string of the molecule is CCN(Cc1ccccc1N)S(=O)(=O)c1ncccc1F. The molecular formula is C14H16FN3O2S. The van der Waals surface area contributed by atoms with Crippen LogP contribution in [0.2, 0.25) is 0 Å². The molecule has 1 aromatic heterocycles. The minimum atomic E-state index is -4.01. The number of anilines is 1. The van der Waals surface area contributed by atoms with Gasteiger partial charge in [-0.25, -0.2) is 17.8 Å². The molecule has 112 valence electrons. The Hall–Kier alpha value is -1.99. The maximum absolute atomic E-state index is 13.7. The van der Waals surface area contributed by atoms with Crippen molar-refractivity contribution in [1.82, 2.24) is 9.29 Å². The first-order valence-electron chi connectivity index (χ1n) is 6.41. The van der Waals surface area contributed by atoms with Crippen molar-refractivity contribution >= 4 is 15.7 Å². The van der Waals surface area contributed by atoms with Gasteiger partial charge in [0.15, 0.2) is 5.82 Å². The highest BCUT2D eigenvalue weighted by atomic mass is 32.2. The van der Waals surface area contributed by atoms with Gasteiger partial charge in [-0.05, 0) is 23.8 Å². The highest BCUT2D eigenvalue weighted by Crippen LogP contribution is 2.21. The molecule has 0 unspecified atom stereocenters. The second-order valence-electron chi connectivity index (χ2n) is 4.42. The molecule has 2 rings (SSSR count). The molecule has 0 fully saturated rings. The summed E-state index contributed by atoms with van der Waals surface area (Å²) >= 11 is 0. The van der Waals surface area contributed by atoms with Crippen molar-refractivity contribution in [3.63, 3.8) is 0 Å². The van der Waals surface area contributed by atoms with E-state index in [0.29, 0.717) is 11.3 Å². The van der Waals surface area contributed by atoms with Gasteiger partial charge in [0.25, 0.3) is 10.0 Å². The van der Waals surface area contributed by atoms with Crippen LogP contribution in [-0.4, -0.2) is 24.3 Å². The summed E-state index contributed by atoms with van der Waals surface area (Å²) < 4.78 is 39.8. The standard InChI is InChI=1S/C14H16FN3O2S/c1-2-18(10-11-6-3-4-8-13(11)16)21(19,20)14-12(15)7-5-9-17-14/h3-9H,2,10,16H2,1H3. The number of nitrogen functional groups attached to an aromatic ring is 1. The van der Waals surface area contributed by atoms with Crippen molar-refractivity contribution in [1.29, 1.82) is 0 Å². The summed E-state index contributed by atoms with van der Waals surface area (Å²) in [6.45, 7) is 1.94. The minimum absolute atomic E-state index is 0.0710. The molecule has 2 aromatic rings. The maximum atomic E-state index is 13.7. The second kappa shape index (κ2) is 6.19. The second-order valence-corrected chi connectivity index (χ2v) is 6.27. The zero-order valence-electron chi connectivity index (χ0n) is 11.5. The number of aromatic nitrogens is 1. The fourth-order valence-electron chi connectivity index (χ4n) is 1.92. The monoisotopic (exact) mass is 309 g/mol. The van der Waals surface area contributed by atoms with Crippen LogP contribution in [-0.2, 0) is 16.6 Å². The molecule has 0 bridgehead atoms. The van der Waals surface area contributed by atoms with E-state index in [9.17, 15) is 12.8 Å². The van der Waals surface area contributed by atoms with Gasteiger partial charge in [-0.2, -0.15) is 4.31 Å². The number of hydrogen-bond donors (Lipinski definition) is 1. The quantitative estimate of drug-likeness (QED) is 0.857. The average molecular weight is 309 g/mol. The van der Waals surface area contributed by atoms with E-state index >= 15 is 0 Å². The number of rotatable bonds is 5. The third kappa shape index (κ3) is 3.20. The summed E-state index contributed by atoms with van der Waals surface area (Å²) in [5.74, 6) is -0.864. The van der Waals surface area contributed by atoms with Gasteiger partial charge in [-0.1, -0.05) is 25.1 Å². The van der Waals surface area contributed by atoms with Crippen molar-refractivity contribution in [2.45, 2.75) is 18.5 Å². The predicted molar refractivity (Wildman–Crippen MR) is 78.3 cm³/mol. The lowest BCUT2D eigenvalue weighted by atomic mass is 10.2. The first kappa shape index (κ1) is 15.4. The van der Waals surface area contributed by atoms with Gasteiger partial charge in [0.05, 0.1) is 0 Å². The first-order valence-corrected chi connectivity index (χ1v) is 7.85. The molecule has 0 aliphatic rings. The average Bonchev–Trinajstić information content (AvgIpc) is 2.46. The number of nitrogens with two attached hydrogens (primary N) is 1. The van der Waals surface area contributed by atoms with Gasteiger partial charge in [0.1, 0.15) is 0 Å². The Morgan fingerprint density at radius 2 is 1.95 bits per heavy atom. The summed E-state index contributed by atoms with van der Waals surface area (Å²) in [6.07, 6.45) is 1.25. The van der Waals surface area contributed by atoms with Crippen LogP contribution in [0.5, 0.6) is 0 Å². The molecule has 7 heteroatoms. The van der Waals surface area contributed by atoms with E-state index in [1.807, 2.05) is 0 Å². The molecule has 0 aliphatic carbocycles. The predicted octanol–water partition coefficient (Wildman–Crippen LogP) is 2.01. The molecule has 0 atom stereocenters. The van der Waals surface area contributed by atoms with E-state index in [0.717, 1.165) is 10.4 Å². The van der Waals surface area contributed by atoms with Crippen LogP contribution in [0.4, 0.5) is 10.1 Å². The summed E-state index contributed by atoms with van der Waals surface area (Å²) in [6, 6.07) is 9.39. The van der Waals surface area contributed by atoms with E-state index in [1.54, 1.807) is 31.2 Å². The third-order valence-electron chi connectivity index (χ3n) is 3.06. The van der Waals surface area contributed by atoms with E-state index in [4.69, 9.17) is 5.73 Å². The Balaban J connectivity index is 2.37. The van der Waals surface area contributed by atoms with Gasteiger partial charge in [0, 0.05) is 25.0 Å².